The summed E-state index contributed by atoms with van der Waals surface area (Å²) in [7, 11) is 0. The molecule has 1 aromatic rings. The number of hydrogen-bond acceptors (Lipinski definition) is 2. The Morgan fingerprint density at radius 3 is 3.00 bits per heavy atom. The van der Waals surface area contributed by atoms with Crippen LogP contribution in [0.2, 0.25) is 0 Å². The average Bonchev–Trinajstić information content (AvgIpc) is 3.00. The van der Waals surface area contributed by atoms with Crippen LogP contribution in [0.5, 0.6) is 0 Å². The summed E-state index contributed by atoms with van der Waals surface area (Å²) in [6, 6.07) is 1.98. The molecule has 118 valence electrons. The molecule has 1 N–H and O–H groups in total. The van der Waals surface area contributed by atoms with E-state index in [2.05, 4.69) is 18.0 Å². The minimum atomic E-state index is -0.230. The molecule has 0 aromatic carbocycles. The number of rotatable bonds is 4. The van der Waals surface area contributed by atoms with Crippen LogP contribution in [0.15, 0.2) is 23.0 Å². The van der Waals surface area contributed by atoms with Gasteiger partial charge in [-0.05, 0) is 43.7 Å². The topological polar surface area (TPSA) is 53.2 Å². The summed E-state index contributed by atoms with van der Waals surface area (Å²) in [6.45, 7) is 2.77. The van der Waals surface area contributed by atoms with Crippen LogP contribution in [0.4, 0.5) is 0 Å². The van der Waals surface area contributed by atoms with Crippen molar-refractivity contribution in [2.75, 3.05) is 6.54 Å². The first-order valence-corrected chi connectivity index (χ1v) is 8.43. The van der Waals surface area contributed by atoms with Crippen molar-refractivity contribution < 1.29 is 4.79 Å². The molecule has 0 saturated heterocycles. The fraction of sp³-hybridized carbons (Fsp3) is 0.556. The molecule has 4 heteroatoms. The number of nitrogens with zero attached hydrogens (tertiary/aromatic N) is 1. The molecule has 1 aromatic heterocycles. The van der Waals surface area contributed by atoms with Crippen LogP contribution in [0.3, 0.4) is 0 Å². The van der Waals surface area contributed by atoms with Crippen molar-refractivity contribution in [3.63, 3.8) is 0 Å². The first-order chi connectivity index (χ1) is 10.7. The normalized spacial score (nSPS) is 20.2. The third kappa shape index (κ3) is 2.87. The fourth-order valence-electron chi connectivity index (χ4n) is 3.46. The lowest BCUT2D eigenvalue weighted by molar-refractivity contribution is 0.0741. The number of carbonyl (C=O) groups excluding carboxylic acids is 1. The summed E-state index contributed by atoms with van der Waals surface area (Å²) in [6.07, 6.45) is 11.5. The van der Waals surface area contributed by atoms with E-state index >= 15 is 0 Å². The molecule has 1 unspecified atom stereocenters. The zero-order chi connectivity index (χ0) is 15.5. The minimum absolute atomic E-state index is 0.124. The molecule has 0 bridgehead atoms. The smallest absolute Gasteiger partial charge is 0.261 e. The van der Waals surface area contributed by atoms with Gasteiger partial charge < -0.3 is 9.88 Å². The Morgan fingerprint density at radius 2 is 2.18 bits per heavy atom. The molecule has 3 rings (SSSR count). The van der Waals surface area contributed by atoms with Gasteiger partial charge in [0, 0.05) is 12.2 Å². The van der Waals surface area contributed by atoms with Crippen molar-refractivity contribution in [1.29, 1.82) is 0 Å². The van der Waals surface area contributed by atoms with Gasteiger partial charge in [0.2, 0.25) is 0 Å². The quantitative estimate of drug-likeness (QED) is 0.869. The number of aromatic nitrogens is 1. The van der Waals surface area contributed by atoms with Gasteiger partial charge in [0.1, 0.15) is 5.56 Å². The maximum atomic E-state index is 12.8. The van der Waals surface area contributed by atoms with E-state index in [0.717, 1.165) is 56.2 Å². The van der Waals surface area contributed by atoms with Crippen molar-refractivity contribution >= 4 is 5.91 Å². The molecule has 0 radical (unpaired) electrons. The number of hydrogen-bond donors (Lipinski definition) is 1. The summed E-state index contributed by atoms with van der Waals surface area (Å²) >= 11 is 0. The first kappa shape index (κ1) is 15.1. The second-order valence-electron chi connectivity index (χ2n) is 6.32. The Labute approximate surface area is 131 Å². The molecule has 1 amide bonds. The number of carbonyl (C=O) groups is 1. The van der Waals surface area contributed by atoms with Crippen LogP contribution in [0.25, 0.3) is 0 Å². The Balaban J connectivity index is 1.84. The number of pyridine rings is 1. The number of unbranched alkanes of at least 4 members (excludes halogenated alkanes) is 1. The molecule has 1 atom stereocenters. The monoisotopic (exact) mass is 300 g/mol. The average molecular weight is 300 g/mol. The van der Waals surface area contributed by atoms with Gasteiger partial charge in [0.05, 0.1) is 6.04 Å². The Morgan fingerprint density at radius 1 is 1.36 bits per heavy atom. The SMILES string of the molecule is CCCCC1C=CCN1C(=O)c1cc2c([nH]c1=O)CCCC2. The fourth-order valence-corrected chi connectivity index (χ4v) is 3.46. The molecular weight excluding hydrogens is 276 g/mol. The lowest BCUT2D eigenvalue weighted by atomic mass is 9.95. The van der Waals surface area contributed by atoms with Gasteiger partial charge >= 0.3 is 0 Å². The summed E-state index contributed by atoms with van der Waals surface area (Å²) < 4.78 is 0. The largest absolute Gasteiger partial charge is 0.328 e. The number of amides is 1. The standard InChI is InChI=1S/C18H24N2O2/c1-2-3-8-14-9-6-11-20(14)18(22)15-12-13-7-4-5-10-16(13)19-17(15)21/h6,9,12,14H,2-5,7-8,10-11H2,1H3,(H,19,21). The van der Waals surface area contributed by atoms with Gasteiger partial charge in [-0.25, -0.2) is 0 Å². The summed E-state index contributed by atoms with van der Waals surface area (Å²) in [5.74, 6) is -0.124. The van der Waals surface area contributed by atoms with Crippen LogP contribution in [0, 0.1) is 0 Å². The van der Waals surface area contributed by atoms with Crippen LogP contribution in [-0.4, -0.2) is 28.4 Å². The molecule has 0 fully saturated rings. The van der Waals surface area contributed by atoms with Gasteiger partial charge in [0.25, 0.3) is 11.5 Å². The molecule has 0 saturated carbocycles. The second-order valence-corrected chi connectivity index (χ2v) is 6.32. The van der Waals surface area contributed by atoms with Crippen LogP contribution < -0.4 is 5.56 Å². The predicted octanol–water partition coefficient (Wildman–Crippen LogP) is 2.82. The van der Waals surface area contributed by atoms with Crippen LogP contribution >= 0.6 is 0 Å². The van der Waals surface area contributed by atoms with Crippen molar-refractivity contribution in [3.05, 3.63) is 45.4 Å². The summed E-state index contributed by atoms with van der Waals surface area (Å²) in [5.41, 5.74) is 2.25. The van der Waals surface area contributed by atoms with Gasteiger partial charge in [-0.3, -0.25) is 9.59 Å². The zero-order valence-corrected chi connectivity index (χ0v) is 13.2. The molecule has 2 aliphatic rings. The van der Waals surface area contributed by atoms with E-state index < -0.39 is 0 Å². The third-order valence-electron chi connectivity index (χ3n) is 4.74. The lowest BCUT2D eigenvalue weighted by Crippen LogP contribution is -2.39. The van der Waals surface area contributed by atoms with Crippen molar-refractivity contribution in [2.45, 2.75) is 57.9 Å². The minimum Gasteiger partial charge on any atom is -0.328 e. The maximum Gasteiger partial charge on any atom is 0.261 e. The van der Waals surface area contributed by atoms with Crippen molar-refractivity contribution in [3.8, 4) is 0 Å². The van der Waals surface area contributed by atoms with Crippen LogP contribution in [0.1, 0.15) is 60.6 Å². The van der Waals surface area contributed by atoms with E-state index in [1.165, 1.54) is 0 Å². The predicted molar refractivity (Wildman–Crippen MR) is 87.2 cm³/mol. The highest BCUT2D eigenvalue weighted by atomic mass is 16.2. The maximum absolute atomic E-state index is 12.8. The van der Waals surface area contributed by atoms with E-state index in [9.17, 15) is 9.59 Å². The Kier molecular flexibility index (Phi) is 4.46. The van der Waals surface area contributed by atoms with Gasteiger partial charge in [0.15, 0.2) is 0 Å². The van der Waals surface area contributed by atoms with E-state index in [1.54, 1.807) is 0 Å². The highest BCUT2D eigenvalue weighted by Gasteiger charge is 2.27. The Bertz CT molecular complexity index is 645. The molecule has 22 heavy (non-hydrogen) atoms. The molecule has 1 aliphatic carbocycles. The number of nitrogens with one attached hydrogen (secondary N) is 1. The number of aromatic amines is 1. The summed E-state index contributed by atoms with van der Waals surface area (Å²) in [5, 5.41) is 0. The van der Waals surface area contributed by atoms with E-state index in [-0.39, 0.29) is 17.5 Å². The lowest BCUT2D eigenvalue weighted by Gasteiger charge is -2.25. The Hall–Kier alpha value is -1.84. The number of aryl methyl sites for hydroxylation is 2. The van der Waals surface area contributed by atoms with Gasteiger partial charge in [-0.15, -0.1) is 0 Å². The third-order valence-corrected chi connectivity index (χ3v) is 4.74. The second kappa shape index (κ2) is 6.51. The highest BCUT2D eigenvalue weighted by molar-refractivity contribution is 5.94. The van der Waals surface area contributed by atoms with E-state index in [1.807, 2.05) is 17.0 Å². The number of fused-ring (bicyclic) bond motifs is 1. The van der Waals surface area contributed by atoms with Crippen LogP contribution in [-0.2, 0) is 12.8 Å². The van der Waals surface area contributed by atoms with Crippen molar-refractivity contribution in [2.24, 2.45) is 0 Å². The van der Waals surface area contributed by atoms with Gasteiger partial charge in [-0.1, -0.05) is 31.9 Å². The zero-order valence-electron chi connectivity index (χ0n) is 13.2. The molecular formula is C18H24N2O2. The highest BCUT2D eigenvalue weighted by Crippen LogP contribution is 2.21. The molecule has 0 spiro atoms. The molecule has 2 heterocycles. The van der Waals surface area contributed by atoms with E-state index in [4.69, 9.17) is 0 Å². The van der Waals surface area contributed by atoms with Gasteiger partial charge in [-0.2, -0.15) is 0 Å². The van der Waals surface area contributed by atoms with E-state index in [0.29, 0.717) is 12.1 Å². The first-order valence-electron chi connectivity index (χ1n) is 8.43. The summed E-state index contributed by atoms with van der Waals surface area (Å²) in [4.78, 5) is 29.8. The molecule has 1 aliphatic heterocycles. The molecule has 4 nitrogen and oxygen atoms in total. The van der Waals surface area contributed by atoms with Crippen molar-refractivity contribution in [1.82, 2.24) is 9.88 Å². The number of H-pyrrole nitrogens is 1.